The molecule has 3 rings (SSSR count). The Bertz CT molecular complexity index is 1120. The summed E-state index contributed by atoms with van der Waals surface area (Å²) < 4.78 is 2.15. The van der Waals surface area contributed by atoms with Crippen molar-refractivity contribution in [2.75, 3.05) is 0 Å². The molecule has 146 valence electrons. The number of aryl methyl sites for hydroxylation is 1. The molecule has 0 aliphatic heterocycles. The fourth-order valence-electron chi connectivity index (χ4n) is 3.65. The molecule has 0 amide bonds. The minimum Gasteiger partial charge on any atom is -0.328 e. The lowest BCUT2D eigenvalue weighted by molar-refractivity contribution is 0.634. The minimum atomic E-state index is -0.194. The summed E-state index contributed by atoms with van der Waals surface area (Å²) in [5.41, 5.74) is 5.10. The van der Waals surface area contributed by atoms with Crippen LogP contribution in [0.3, 0.4) is 0 Å². The van der Waals surface area contributed by atoms with E-state index in [4.69, 9.17) is 0 Å². The molecule has 0 N–H and O–H groups in total. The van der Waals surface area contributed by atoms with Gasteiger partial charge in [0.2, 0.25) is 0 Å². The SMILES string of the molecule is C=Cc1c(CC)n(Cc2ccc(-c3ccccc3C#N)cc2)c(CCC)nc1=O. The molecule has 0 aliphatic carbocycles. The van der Waals surface area contributed by atoms with E-state index >= 15 is 0 Å². The lowest BCUT2D eigenvalue weighted by Gasteiger charge is -2.19. The molecule has 3 aromatic rings. The average Bonchev–Trinajstić information content (AvgIpc) is 2.75. The van der Waals surface area contributed by atoms with Crippen molar-refractivity contribution in [2.24, 2.45) is 0 Å². The van der Waals surface area contributed by atoms with E-state index in [1.807, 2.05) is 36.4 Å². The molecular formula is C25H25N3O. The Hall–Kier alpha value is -3.45. The molecule has 0 spiro atoms. The molecule has 0 aliphatic rings. The van der Waals surface area contributed by atoms with Crippen LogP contribution in [0.25, 0.3) is 17.2 Å². The van der Waals surface area contributed by atoms with Crippen molar-refractivity contribution in [2.45, 2.75) is 39.7 Å². The van der Waals surface area contributed by atoms with Gasteiger partial charge in [-0.2, -0.15) is 10.2 Å². The zero-order valence-electron chi connectivity index (χ0n) is 17.0. The van der Waals surface area contributed by atoms with E-state index < -0.39 is 0 Å². The first-order valence-corrected chi connectivity index (χ1v) is 9.96. The third kappa shape index (κ3) is 4.20. The fourth-order valence-corrected chi connectivity index (χ4v) is 3.65. The van der Waals surface area contributed by atoms with Crippen LogP contribution < -0.4 is 5.56 Å². The molecule has 2 aromatic carbocycles. The molecule has 0 atom stereocenters. The zero-order valence-corrected chi connectivity index (χ0v) is 17.0. The number of hydrogen-bond donors (Lipinski definition) is 0. The maximum Gasteiger partial charge on any atom is 0.280 e. The molecule has 1 heterocycles. The van der Waals surface area contributed by atoms with Gasteiger partial charge in [0.25, 0.3) is 5.56 Å². The largest absolute Gasteiger partial charge is 0.328 e. The molecule has 4 heteroatoms. The maximum atomic E-state index is 12.4. The lowest BCUT2D eigenvalue weighted by Crippen LogP contribution is -2.25. The second kappa shape index (κ2) is 9.16. The van der Waals surface area contributed by atoms with Gasteiger partial charge in [0.1, 0.15) is 5.82 Å². The van der Waals surface area contributed by atoms with Gasteiger partial charge in [0, 0.05) is 18.7 Å². The average molecular weight is 383 g/mol. The Morgan fingerprint density at radius 1 is 1.14 bits per heavy atom. The van der Waals surface area contributed by atoms with Crippen LogP contribution in [-0.2, 0) is 19.4 Å². The summed E-state index contributed by atoms with van der Waals surface area (Å²) in [4.78, 5) is 16.7. The van der Waals surface area contributed by atoms with Crippen molar-refractivity contribution in [1.82, 2.24) is 9.55 Å². The predicted molar refractivity (Wildman–Crippen MR) is 118 cm³/mol. The highest BCUT2D eigenvalue weighted by Gasteiger charge is 2.14. The fraction of sp³-hybridized carbons (Fsp3) is 0.240. The molecule has 4 nitrogen and oxygen atoms in total. The second-order valence-electron chi connectivity index (χ2n) is 6.94. The first-order valence-electron chi connectivity index (χ1n) is 9.96. The Kier molecular flexibility index (Phi) is 6.41. The van der Waals surface area contributed by atoms with E-state index in [1.165, 1.54) is 0 Å². The van der Waals surface area contributed by atoms with Gasteiger partial charge in [-0.05, 0) is 35.6 Å². The van der Waals surface area contributed by atoms with Crippen molar-refractivity contribution < 1.29 is 0 Å². The van der Waals surface area contributed by atoms with Gasteiger partial charge in [-0.3, -0.25) is 4.79 Å². The number of rotatable bonds is 7. The second-order valence-corrected chi connectivity index (χ2v) is 6.94. The van der Waals surface area contributed by atoms with Crippen LogP contribution in [0.5, 0.6) is 0 Å². The van der Waals surface area contributed by atoms with Gasteiger partial charge in [-0.1, -0.05) is 69.0 Å². The number of benzene rings is 2. The van der Waals surface area contributed by atoms with Crippen molar-refractivity contribution in [3.63, 3.8) is 0 Å². The molecule has 0 radical (unpaired) electrons. The third-order valence-corrected chi connectivity index (χ3v) is 5.08. The van der Waals surface area contributed by atoms with Crippen molar-refractivity contribution in [1.29, 1.82) is 5.26 Å². The van der Waals surface area contributed by atoms with Gasteiger partial charge in [0.05, 0.1) is 17.2 Å². The van der Waals surface area contributed by atoms with Crippen molar-refractivity contribution in [3.8, 4) is 17.2 Å². The van der Waals surface area contributed by atoms with Crippen LogP contribution in [0, 0.1) is 11.3 Å². The molecule has 29 heavy (non-hydrogen) atoms. The summed E-state index contributed by atoms with van der Waals surface area (Å²) in [6, 6.07) is 18.1. The number of aromatic nitrogens is 2. The van der Waals surface area contributed by atoms with Gasteiger partial charge in [0.15, 0.2) is 0 Å². The van der Waals surface area contributed by atoms with E-state index in [-0.39, 0.29) is 5.56 Å². The highest BCUT2D eigenvalue weighted by molar-refractivity contribution is 5.70. The Morgan fingerprint density at radius 2 is 1.86 bits per heavy atom. The first kappa shape index (κ1) is 20.3. The highest BCUT2D eigenvalue weighted by atomic mass is 16.1. The Morgan fingerprint density at radius 3 is 2.48 bits per heavy atom. The Balaban J connectivity index is 2.01. The van der Waals surface area contributed by atoms with Gasteiger partial charge in [-0.15, -0.1) is 0 Å². The van der Waals surface area contributed by atoms with E-state index in [0.29, 0.717) is 17.7 Å². The first-order chi connectivity index (χ1) is 14.1. The quantitative estimate of drug-likeness (QED) is 0.578. The highest BCUT2D eigenvalue weighted by Crippen LogP contribution is 2.24. The summed E-state index contributed by atoms with van der Waals surface area (Å²) in [6.45, 7) is 8.59. The van der Waals surface area contributed by atoms with Crippen LogP contribution in [0.2, 0.25) is 0 Å². The summed E-state index contributed by atoms with van der Waals surface area (Å²) in [5, 5.41) is 9.35. The Labute approximate surface area is 171 Å². The standard InChI is InChI=1S/C25H25N3O/c1-4-9-24-27-25(29)21(5-2)23(6-3)28(24)17-18-12-14-19(15-13-18)22-11-8-7-10-20(22)16-26/h5,7-8,10-15H,2,4,6,9,17H2,1,3H3. The monoisotopic (exact) mass is 383 g/mol. The van der Waals surface area contributed by atoms with Crippen LogP contribution >= 0.6 is 0 Å². The lowest BCUT2D eigenvalue weighted by atomic mass is 9.99. The van der Waals surface area contributed by atoms with Gasteiger partial charge >= 0.3 is 0 Å². The molecular weight excluding hydrogens is 358 g/mol. The van der Waals surface area contributed by atoms with Crippen LogP contribution in [0.1, 0.15) is 48.5 Å². The van der Waals surface area contributed by atoms with Crippen molar-refractivity contribution in [3.05, 3.63) is 93.7 Å². The van der Waals surface area contributed by atoms with Crippen LogP contribution in [-0.4, -0.2) is 9.55 Å². The summed E-state index contributed by atoms with van der Waals surface area (Å²) >= 11 is 0. The predicted octanol–water partition coefficient (Wildman–Crippen LogP) is 4.99. The normalized spacial score (nSPS) is 10.5. The van der Waals surface area contributed by atoms with Gasteiger partial charge in [-0.25, -0.2) is 0 Å². The van der Waals surface area contributed by atoms with Crippen LogP contribution in [0.4, 0.5) is 0 Å². The van der Waals surface area contributed by atoms with Gasteiger partial charge < -0.3 is 4.57 Å². The number of nitriles is 1. The van der Waals surface area contributed by atoms with E-state index in [0.717, 1.165) is 47.5 Å². The summed E-state index contributed by atoms with van der Waals surface area (Å²) in [6.07, 6.45) is 4.03. The molecule has 0 bridgehead atoms. The zero-order chi connectivity index (χ0) is 20.8. The molecule has 0 saturated heterocycles. The molecule has 1 aromatic heterocycles. The number of nitrogens with zero attached hydrogens (tertiary/aromatic N) is 3. The third-order valence-electron chi connectivity index (χ3n) is 5.08. The minimum absolute atomic E-state index is 0.194. The topological polar surface area (TPSA) is 58.7 Å². The van der Waals surface area contributed by atoms with E-state index in [2.05, 4.69) is 48.2 Å². The summed E-state index contributed by atoms with van der Waals surface area (Å²) in [7, 11) is 0. The maximum absolute atomic E-state index is 12.4. The van der Waals surface area contributed by atoms with Crippen LogP contribution in [0.15, 0.2) is 59.9 Å². The summed E-state index contributed by atoms with van der Waals surface area (Å²) in [5.74, 6) is 0.818. The number of hydrogen-bond acceptors (Lipinski definition) is 3. The molecule has 0 unspecified atom stereocenters. The van der Waals surface area contributed by atoms with Crippen molar-refractivity contribution >= 4 is 6.08 Å². The molecule has 0 fully saturated rings. The van der Waals surface area contributed by atoms with E-state index in [9.17, 15) is 10.1 Å². The molecule has 0 saturated carbocycles. The smallest absolute Gasteiger partial charge is 0.280 e. The van der Waals surface area contributed by atoms with E-state index in [1.54, 1.807) is 6.08 Å².